The van der Waals surface area contributed by atoms with Crippen molar-refractivity contribution < 1.29 is 11.5 Å². The second kappa shape index (κ2) is 9.61. The zero-order chi connectivity index (χ0) is 11.5. The summed E-state index contributed by atoms with van der Waals surface area (Å²) in [5, 5.41) is 7.89. The number of hydroxylamine groups is 2. The molecule has 15 heavy (non-hydrogen) atoms. The predicted molar refractivity (Wildman–Crippen MR) is 62.4 cm³/mol. The molecule has 0 radical (unpaired) electrons. The molecule has 4 nitrogen and oxygen atoms in total. The van der Waals surface area contributed by atoms with E-state index >= 15 is 0 Å². The molecule has 3 N–H and O–H groups in total. The van der Waals surface area contributed by atoms with Gasteiger partial charge in [0.1, 0.15) is 6.73 Å². The lowest BCUT2D eigenvalue weighted by molar-refractivity contribution is 0.140. The largest absolute Gasteiger partial charge is 0.317 e. The molecule has 4 heteroatoms. The molecule has 0 aliphatic carbocycles. The highest BCUT2D eigenvalue weighted by atomic mass is 16.8. The molecule has 1 aliphatic rings. The Labute approximate surface area is 92.7 Å². The molecule has 2 rings (SSSR count). The van der Waals surface area contributed by atoms with Crippen molar-refractivity contribution >= 4 is 0 Å². The Bertz CT molecular complexity index is 228. The molecule has 1 heterocycles. The van der Waals surface area contributed by atoms with Crippen LogP contribution in [0.25, 0.3) is 0 Å². The summed E-state index contributed by atoms with van der Waals surface area (Å²) in [7, 11) is 0. The second-order valence-corrected chi connectivity index (χ2v) is 3.37. The summed E-state index contributed by atoms with van der Waals surface area (Å²) in [5.41, 5.74) is 5.85. The van der Waals surface area contributed by atoms with Gasteiger partial charge in [0.2, 0.25) is 0 Å². The number of aryl methyl sites for hydroxylation is 1. The highest BCUT2D eigenvalue weighted by molar-refractivity contribution is 5.11. The van der Waals surface area contributed by atoms with Crippen molar-refractivity contribution in [1.82, 2.24) is 11.0 Å². The number of rotatable bonds is 1. The molecular weight excluding hydrogens is 192 g/mol. The molecule has 1 aromatic rings. The average molecular weight is 214 g/mol. The van der Waals surface area contributed by atoms with Gasteiger partial charge in [-0.3, -0.25) is 4.84 Å². The molecule has 0 aromatic heterocycles. The Morgan fingerprint density at radius 3 is 1.93 bits per heavy atom. The van der Waals surface area contributed by atoms with Gasteiger partial charge in [0.25, 0.3) is 0 Å². The van der Waals surface area contributed by atoms with Crippen LogP contribution in [0.15, 0.2) is 30.3 Å². The topological polar surface area (TPSA) is 66.7 Å². The molecule has 0 saturated carbocycles. The van der Waals surface area contributed by atoms with E-state index in [9.17, 15) is 0 Å². The fourth-order valence-corrected chi connectivity index (χ4v) is 0.534. The van der Waals surface area contributed by atoms with E-state index in [1.165, 1.54) is 5.56 Å². The van der Waals surface area contributed by atoms with Gasteiger partial charge in [-0.1, -0.05) is 35.9 Å². The maximum absolute atomic E-state index is 7.89. The van der Waals surface area contributed by atoms with Gasteiger partial charge < -0.3 is 5.21 Å². The standard InChI is InChI=1S/C7H8.C3H9NO.CH3NO.H2/c1-7-5-3-2-4-6-7;1-3(2)4-5;1-2-3-1;/h2-6H,1H3;3-5H,1-2H3;2H,1H2;1H. The third kappa shape index (κ3) is 15.8. The molecule has 0 spiro atoms. The van der Waals surface area contributed by atoms with Gasteiger partial charge in [-0.15, -0.1) is 0 Å². The Morgan fingerprint density at radius 1 is 1.40 bits per heavy atom. The maximum atomic E-state index is 7.89. The summed E-state index contributed by atoms with van der Waals surface area (Å²) in [6, 6.07) is 10.5. The number of hydrogen-bond acceptors (Lipinski definition) is 4. The van der Waals surface area contributed by atoms with E-state index in [0.29, 0.717) is 0 Å². The van der Waals surface area contributed by atoms with Gasteiger partial charge in [-0.05, 0) is 20.8 Å². The Kier molecular flexibility index (Phi) is 9.01. The molecule has 88 valence electrons. The summed E-state index contributed by atoms with van der Waals surface area (Å²) < 4.78 is 0. The zero-order valence-corrected chi connectivity index (χ0v) is 9.53. The van der Waals surface area contributed by atoms with Gasteiger partial charge in [-0.2, -0.15) is 5.48 Å². The molecule has 0 unspecified atom stereocenters. The first-order chi connectivity index (χ1) is 7.16. The van der Waals surface area contributed by atoms with Gasteiger partial charge in [-0.25, -0.2) is 5.48 Å². The predicted octanol–water partition coefficient (Wildman–Crippen LogP) is 2.09. The molecule has 0 amide bonds. The van der Waals surface area contributed by atoms with Crippen molar-refractivity contribution in [3.05, 3.63) is 35.9 Å². The Balaban J connectivity index is 0. The van der Waals surface area contributed by atoms with Crippen LogP contribution in [0, 0.1) is 6.92 Å². The van der Waals surface area contributed by atoms with Crippen LogP contribution >= 0.6 is 0 Å². The van der Waals surface area contributed by atoms with Crippen LogP contribution in [0.2, 0.25) is 0 Å². The number of nitrogens with one attached hydrogen (secondary N) is 2. The first-order valence-electron chi connectivity index (χ1n) is 4.92. The highest BCUT2D eigenvalue weighted by Crippen LogP contribution is 1.92. The lowest BCUT2D eigenvalue weighted by Gasteiger charge is -1.93. The fourth-order valence-electron chi connectivity index (χ4n) is 0.534. The summed E-state index contributed by atoms with van der Waals surface area (Å²) in [6.07, 6.45) is 0. The lowest BCUT2D eigenvalue weighted by atomic mass is 10.2. The van der Waals surface area contributed by atoms with E-state index in [0.717, 1.165) is 6.73 Å². The summed E-state index contributed by atoms with van der Waals surface area (Å²) in [5.74, 6) is 0. The minimum atomic E-state index is 0. The average Bonchev–Trinajstić information content (AvgIpc) is 3.06. The quantitative estimate of drug-likeness (QED) is 0.494. The van der Waals surface area contributed by atoms with Crippen LogP contribution in [0.1, 0.15) is 20.8 Å². The van der Waals surface area contributed by atoms with Crippen LogP contribution in [0.3, 0.4) is 0 Å². The van der Waals surface area contributed by atoms with E-state index in [4.69, 9.17) is 5.21 Å². The smallest absolute Gasteiger partial charge is 0.141 e. The van der Waals surface area contributed by atoms with Gasteiger partial charge in [0.15, 0.2) is 0 Å². The van der Waals surface area contributed by atoms with Crippen LogP contribution in [0.4, 0.5) is 0 Å². The first kappa shape index (κ1) is 14.1. The van der Waals surface area contributed by atoms with E-state index in [1.807, 2.05) is 37.5 Å². The third-order valence-electron chi connectivity index (χ3n) is 1.34. The van der Waals surface area contributed by atoms with E-state index in [2.05, 4.69) is 29.4 Å². The molecule has 1 aromatic carbocycles. The SMILES string of the molecule is C1NO1.CC(C)NO.Cc1ccccc1.[HH]. The van der Waals surface area contributed by atoms with Crippen LogP contribution < -0.4 is 11.0 Å². The van der Waals surface area contributed by atoms with Crippen molar-refractivity contribution in [3.63, 3.8) is 0 Å². The van der Waals surface area contributed by atoms with Crippen molar-refractivity contribution in [2.24, 2.45) is 0 Å². The van der Waals surface area contributed by atoms with Crippen molar-refractivity contribution in [2.45, 2.75) is 26.8 Å². The Hall–Kier alpha value is -0.940. The zero-order valence-electron chi connectivity index (χ0n) is 9.53. The molecule has 0 atom stereocenters. The lowest BCUT2D eigenvalue weighted by Crippen LogP contribution is -2.16. The van der Waals surface area contributed by atoms with E-state index in [1.54, 1.807) is 0 Å². The molecule has 1 saturated heterocycles. The molecule has 0 bridgehead atoms. The molecule has 1 aliphatic heterocycles. The Morgan fingerprint density at radius 2 is 1.80 bits per heavy atom. The number of hydrogen-bond donors (Lipinski definition) is 3. The van der Waals surface area contributed by atoms with Gasteiger partial charge in [0.05, 0.1) is 0 Å². The van der Waals surface area contributed by atoms with Crippen LogP contribution in [-0.4, -0.2) is 18.0 Å². The van der Waals surface area contributed by atoms with E-state index < -0.39 is 0 Å². The third-order valence-corrected chi connectivity index (χ3v) is 1.34. The second-order valence-electron chi connectivity index (χ2n) is 3.37. The fraction of sp³-hybridized carbons (Fsp3) is 0.455. The monoisotopic (exact) mass is 214 g/mol. The normalized spacial score (nSPS) is 12.1. The van der Waals surface area contributed by atoms with Gasteiger partial charge in [0, 0.05) is 7.47 Å². The minimum Gasteiger partial charge on any atom is -0.317 e. The highest BCUT2D eigenvalue weighted by Gasteiger charge is 1.91. The molecular formula is C11H22N2O2. The minimum absolute atomic E-state index is 0. The summed E-state index contributed by atoms with van der Waals surface area (Å²) in [6.45, 7) is 6.56. The van der Waals surface area contributed by atoms with Crippen molar-refractivity contribution in [1.29, 1.82) is 0 Å². The summed E-state index contributed by atoms with van der Waals surface area (Å²) in [4.78, 5) is 4.25. The van der Waals surface area contributed by atoms with Crippen LogP contribution in [0.5, 0.6) is 0 Å². The van der Waals surface area contributed by atoms with Crippen LogP contribution in [-0.2, 0) is 4.84 Å². The number of benzene rings is 1. The van der Waals surface area contributed by atoms with Crippen molar-refractivity contribution in [2.75, 3.05) is 6.73 Å². The van der Waals surface area contributed by atoms with Crippen molar-refractivity contribution in [3.8, 4) is 0 Å². The maximum Gasteiger partial charge on any atom is 0.141 e. The van der Waals surface area contributed by atoms with E-state index in [-0.39, 0.29) is 7.47 Å². The summed E-state index contributed by atoms with van der Waals surface area (Å²) >= 11 is 0. The van der Waals surface area contributed by atoms with Gasteiger partial charge >= 0.3 is 0 Å². The first-order valence-corrected chi connectivity index (χ1v) is 4.92. The molecule has 1 fully saturated rings.